The van der Waals surface area contributed by atoms with Gasteiger partial charge in [-0.25, -0.2) is 4.98 Å². The molecule has 19 heavy (non-hydrogen) atoms. The number of alkyl halides is 5. The van der Waals surface area contributed by atoms with Gasteiger partial charge in [-0.1, -0.05) is 18.3 Å². The molecule has 110 valence electrons. The van der Waals surface area contributed by atoms with Crippen LogP contribution in [0.1, 0.15) is 18.2 Å². The molecule has 0 aromatic carbocycles. The highest BCUT2D eigenvalue weighted by Crippen LogP contribution is 2.35. The molecule has 0 saturated heterocycles. The standard InChI is InChI=1S/C10H13F5N2OS/c1-2-3-16-8-17-4-7(19-8)5-18-6-9(11,12)10(13,14)15/h4H,2-3,5-6H2,1H3,(H,16,17). The number of hydrogen-bond acceptors (Lipinski definition) is 4. The third-order valence-electron chi connectivity index (χ3n) is 2.02. The first-order valence-electron chi connectivity index (χ1n) is 5.47. The topological polar surface area (TPSA) is 34.2 Å². The summed E-state index contributed by atoms with van der Waals surface area (Å²) in [5.74, 6) is -4.83. The lowest BCUT2D eigenvalue weighted by Gasteiger charge is -2.18. The van der Waals surface area contributed by atoms with Crippen LogP contribution in [-0.4, -0.2) is 30.2 Å². The minimum absolute atomic E-state index is 0.322. The summed E-state index contributed by atoms with van der Waals surface area (Å²) in [6.07, 6.45) is -3.31. The van der Waals surface area contributed by atoms with E-state index in [9.17, 15) is 22.0 Å². The fraction of sp³-hybridized carbons (Fsp3) is 0.700. The average molecular weight is 304 g/mol. The number of thiazole rings is 1. The molecule has 3 nitrogen and oxygen atoms in total. The van der Waals surface area contributed by atoms with Gasteiger partial charge in [0, 0.05) is 12.7 Å². The van der Waals surface area contributed by atoms with Crippen molar-refractivity contribution in [1.82, 2.24) is 4.98 Å². The fourth-order valence-corrected chi connectivity index (χ4v) is 1.83. The zero-order chi connectivity index (χ0) is 14.5. The van der Waals surface area contributed by atoms with Gasteiger partial charge in [0.05, 0.1) is 11.5 Å². The van der Waals surface area contributed by atoms with Crippen molar-refractivity contribution in [3.8, 4) is 0 Å². The van der Waals surface area contributed by atoms with Crippen molar-refractivity contribution in [2.24, 2.45) is 0 Å². The third kappa shape index (κ3) is 4.90. The fourth-order valence-electron chi connectivity index (χ4n) is 1.05. The second-order valence-corrected chi connectivity index (χ2v) is 4.87. The zero-order valence-electron chi connectivity index (χ0n) is 10.1. The smallest absolute Gasteiger partial charge is 0.369 e. The van der Waals surface area contributed by atoms with Crippen LogP contribution in [0.25, 0.3) is 0 Å². The van der Waals surface area contributed by atoms with Crippen molar-refractivity contribution < 1.29 is 26.7 Å². The molecule has 1 heterocycles. The number of aromatic nitrogens is 1. The quantitative estimate of drug-likeness (QED) is 0.780. The highest BCUT2D eigenvalue weighted by Gasteiger charge is 2.57. The Labute approximate surface area is 110 Å². The number of hydrogen-bond donors (Lipinski definition) is 1. The second-order valence-electron chi connectivity index (χ2n) is 3.75. The Morgan fingerprint density at radius 3 is 2.58 bits per heavy atom. The zero-order valence-corrected chi connectivity index (χ0v) is 10.9. The summed E-state index contributed by atoms with van der Waals surface area (Å²) in [6, 6.07) is 0. The number of nitrogens with one attached hydrogen (secondary N) is 1. The number of anilines is 1. The predicted molar refractivity (Wildman–Crippen MR) is 61.6 cm³/mol. The molecule has 0 amide bonds. The number of halogens is 5. The van der Waals surface area contributed by atoms with E-state index in [0.29, 0.717) is 16.6 Å². The summed E-state index contributed by atoms with van der Waals surface area (Å²) in [5, 5.41) is 3.56. The lowest BCUT2D eigenvalue weighted by molar-refractivity contribution is -0.297. The Balaban J connectivity index is 2.39. The predicted octanol–water partition coefficient (Wildman–Crippen LogP) is 3.68. The van der Waals surface area contributed by atoms with Crippen molar-refractivity contribution in [3.05, 3.63) is 11.1 Å². The molecule has 0 spiro atoms. The van der Waals surface area contributed by atoms with E-state index >= 15 is 0 Å². The molecule has 1 rings (SSSR count). The summed E-state index contributed by atoms with van der Waals surface area (Å²) in [6.45, 7) is 0.660. The Morgan fingerprint density at radius 1 is 1.32 bits per heavy atom. The monoisotopic (exact) mass is 304 g/mol. The summed E-state index contributed by atoms with van der Waals surface area (Å²) >= 11 is 1.16. The van der Waals surface area contributed by atoms with Crippen molar-refractivity contribution in [2.75, 3.05) is 18.5 Å². The lowest BCUT2D eigenvalue weighted by atomic mass is 10.3. The third-order valence-corrected chi connectivity index (χ3v) is 2.95. The van der Waals surface area contributed by atoms with Crippen molar-refractivity contribution in [3.63, 3.8) is 0 Å². The largest absolute Gasteiger partial charge is 0.455 e. The van der Waals surface area contributed by atoms with Gasteiger partial charge in [-0.3, -0.25) is 0 Å². The maximum atomic E-state index is 12.5. The molecule has 0 aliphatic carbocycles. The maximum absolute atomic E-state index is 12.5. The van der Waals surface area contributed by atoms with E-state index in [1.54, 1.807) is 0 Å². The van der Waals surface area contributed by atoms with Crippen LogP contribution in [0.5, 0.6) is 0 Å². The van der Waals surface area contributed by atoms with Crippen LogP contribution < -0.4 is 5.32 Å². The van der Waals surface area contributed by atoms with Crippen LogP contribution in [0.15, 0.2) is 6.20 Å². The molecule has 1 aromatic rings. The molecule has 1 aromatic heterocycles. The highest BCUT2D eigenvalue weighted by atomic mass is 32.1. The second kappa shape index (κ2) is 6.47. The SMILES string of the molecule is CCCNc1ncc(COCC(F)(F)C(F)(F)F)s1. The van der Waals surface area contributed by atoms with E-state index in [2.05, 4.69) is 15.0 Å². The maximum Gasteiger partial charge on any atom is 0.455 e. The van der Waals surface area contributed by atoms with Gasteiger partial charge in [0.25, 0.3) is 0 Å². The molecule has 9 heteroatoms. The number of ether oxygens (including phenoxy) is 1. The van der Waals surface area contributed by atoms with Gasteiger partial charge in [0.2, 0.25) is 0 Å². The first-order valence-corrected chi connectivity index (χ1v) is 6.29. The van der Waals surface area contributed by atoms with Crippen LogP contribution in [0.3, 0.4) is 0 Å². The van der Waals surface area contributed by atoms with Gasteiger partial charge in [0.1, 0.15) is 6.61 Å². The van der Waals surface area contributed by atoms with Crippen molar-refractivity contribution >= 4 is 16.5 Å². The molecule has 0 fully saturated rings. The van der Waals surface area contributed by atoms with Gasteiger partial charge in [-0.2, -0.15) is 22.0 Å². The molecular weight excluding hydrogens is 291 g/mol. The van der Waals surface area contributed by atoms with Gasteiger partial charge in [-0.05, 0) is 6.42 Å². The molecule has 0 unspecified atom stereocenters. The molecule has 0 aliphatic rings. The van der Waals surface area contributed by atoms with E-state index < -0.39 is 18.7 Å². The van der Waals surface area contributed by atoms with Gasteiger partial charge in [-0.15, -0.1) is 0 Å². The molecule has 0 aliphatic heterocycles. The lowest BCUT2D eigenvalue weighted by Crippen LogP contribution is -2.40. The Morgan fingerprint density at radius 2 is 2.00 bits per heavy atom. The summed E-state index contributed by atoms with van der Waals surface area (Å²) < 4.78 is 65.0. The van der Waals surface area contributed by atoms with E-state index in [1.165, 1.54) is 6.20 Å². The van der Waals surface area contributed by atoms with E-state index in [1.807, 2.05) is 6.92 Å². The molecule has 0 atom stereocenters. The normalized spacial score (nSPS) is 12.7. The first-order chi connectivity index (χ1) is 8.76. The van der Waals surface area contributed by atoms with Gasteiger partial charge in [0.15, 0.2) is 5.13 Å². The van der Waals surface area contributed by atoms with Crippen LogP contribution in [0, 0.1) is 0 Å². The van der Waals surface area contributed by atoms with Crippen LogP contribution in [0.4, 0.5) is 27.1 Å². The van der Waals surface area contributed by atoms with Gasteiger partial charge >= 0.3 is 12.1 Å². The summed E-state index contributed by atoms with van der Waals surface area (Å²) in [5.41, 5.74) is 0. The van der Waals surface area contributed by atoms with Gasteiger partial charge < -0.3 is 10.1 Å². The average Bonchev–Trinajstić information content (AvgIpc) is 2.72. The molecular formula is C10H13F5N2OS. The minimum Gasteiger partial charge on any atom is -0.369 e. The first kappa shape index (κ1) is 16.1. The van der Waals surface area contributed by atoms with E-state index in [-0.39, 0.29) is 6.61 Å². The Bertz CT molecular complexity index is 394. The van der Waals surface area contributed by atoms with E-state index in [4.69, 9.17) is 0 Å². The molecule has 1 N–H and O–H groups in total. The molecule has 0 bridgehead atoms. The molecule has 0 saturated carbocycles. The van der Waals surface area contributed by atoms with Crippen molar-refractivity contribution in [1.29, 1.82) is 0 Å². The van der Waals surface area contributed by atoms with Crippen LogP contribution >= 0.6 is 11.3 Å². The van der Waals surface area contributed by atoms with Crippen LogP contribution in [-0.2, 0) is 11.3 Å². The number of rotatable bonds is 7. The Kier molecular flexibility index (Phi) is 5.48. The minimum atomic E-state index is -5.59. The Hall–Kier alpha value is -0.960. The summed E-state index contributed by atoms with van der Waals surface area (Å²) in [7, 11) is 0. The van der Waals surface area contributed by atoms with Crippen LogP contribution in [0.2, 0.25) is 0 Å². The van der Waals surface area contributed by atoms with Crippen molar-refractivity contribution in [2.45, 2.75) is 32.1 Å². The highest BCUT2D eigenvalue weighted by molar-refractivity contribution is 7.15. The number of nitrogens with zero attached hydrogens (tertiary/aromatic N) is 1. The van der Waals surface area contributed by atoms with E-state index in [0.717, 1.165) is 17.8 Å². The summed E-state index contributed by atoms with van der Waals surface area (Å²) in [4.78, 5) is 4.42. The molecule has 0 radical (unpaired) electrons.